The van der Waals surface area contributed by atoms with Gasteiger partial charge in [-0.1, -0.05) is 18.2 Å². The van der Waals surface area contributed by atoms with Crippen molar-refractivity contribution in [1.82, 2.24) is 15.1 Å². The Morgan fingerprint density at radius 3 is 2.70 bits per heavy atom. The number of nitrogens with zero attached hydrogens (tertiary/aromatic N) is 2. The number of ether oxygens (including phenoxy) is 2. The number of carbonyl (C=O) groups is 2. The van der Waals surface area contributed by atoms with Gasteiger partial charge in [0.15, 0.2) is 0 Å². The first-order valence-electron chi connectivity index (χ1n) is 8.90. The van der Waals surface area contributed by atoms with Crippen molar-refractivity contribution in [2.45, 2.75) is 6.10 Å². The second kappa shape index (κ2) is 8.26. The average molecular weight is 371 g/mol. The molecule has 0 bridgehead atoms. The number of nitrogens with one attached hydrogen (secondary N) is 1. The molecule has 1 atom stereocenters. The van der Waals surface area contributed by atoms with Gasteiger partial charge in [0.2, 0.25) is 5.91 Å². The lowest BCUT2D eigenvalue weighted by atomic mass is 10.0. The van der Waals surface area contributed by atoms with E-state index in [0.29, 0.717) is 19.7 Å². The van der Waals surface area contributed by atoms with E-state index < -0.39 is 0 Å². The second-order valence-electron chi connectivity index (χ2n) is 6.72. The lowest BCUT2D eigenvalue weighted by molar-refractivity contribution is -0.137. The van der Waals surface area contributed by atoms with Crippen LogP contribution in [0.5, 0.6) is 5.75 Å². The maximum Gasteiger partial charge on any atom is 0.317 e. The Bertz CT molecular complexity index is 837. The van der Waals surface area contributed by atoms with Crippen LogP contribution in [0.25, 0.3) is 10.8 Å². The fourth-order valence-corrected chi connectivity index (χ4v) is 3.07. The Kier molecular flexibility index (Phi) is 5.81. The van der Waals surface area contributed by atoms with E-state index >= 15 is 0 Å². The lowest BCUT2D eigenvalue weighted by Gasteiger charge is -2.33. The summed E-state index contributed by atoms with van der Waals surface area (Å²) in [5, 5.41) is 4.80. The topological polar surface area (TPSA) is 71.1 Å². The Labute approximate surface area is 158 Å². The summed E-state index contributed by atoms with van der Waals surface area (Å²) in [4.78, 5) is 27.1. The smallest absolute Gasteiger partial charge is 0.317 e. The van der Waals surface area contributed by atoms with Crippen molar-refractivity contribution in [1.29, 1.82) is 0 Å². The predicted octanol–water partition coefficient (Wildman–Crippen LogP) is 2.02. The summed E-state index contributed by atoms with van der Waals surface area (Å²) in [7, 11) is 4.93. The summed E-state index contributed by atoms with van der Waals surface area (Å²) < 4.78 is 11.1. The van der Waals surface area contributed by atoms with E-state index in [-0.39, 0.29) is 24.6 Å². The minimum Gasteiger partial charge on any atom is -0.497 e. The van der Waals surface area contributed by atoms with Crippen molar-refractivity contribution in [2.75, 3.05) is 47.4 Å². The zero-order chi connectivity index (χ0) is 19.4. The molecular weight excluding hydrogens is 346 g/mol. The van der Waals surface area contributed by atoms with Gasteiger partial charge in [0.25, 0.3) is 0 Å². The second-order valence-corrected chi connectivity index (χ2v) is 6.72. The number of methoxy groups -OCH3 is 1. The van der Waals surface area contributed by atoms with Gasteiger partial charge in [0.1, 0.15) is 11.9 Å². The molecule has 7 heteroatoms. The van der Waals surface area contributed by atoms with Gasteiger partial charge < -0.3 is 24.6 Å². The molecule has 0 spiro atoms. The SMILES string of the molecule is COc1ccc2cc([C@H]3CN(C(=O)CNC(=O)N(C)C)CCO3)ccc2c1. The minimum atomic E-state index is -0.280. The van der Waals surface area contributed by atoms with E-state index in [4.69, 9.17) is 9.47 Å². The third-order valence-electron chi connectivity index (χ3n) is 4.66. The molecule has 0 radical (unpaired) electrons. The molecule has 0 aromatic heterocycles. The van der Waals surface area contributed by atoms with Gasteiger partial charge in [-0.3, -0.25) is 4.79 Å². The first kappa shape index (κ1) is 19.0. The number of rotatable bonds is 4. The third-order valence-corrected chi connectivity index (χ3v) is 4.66. The molecule has 1 heterocycles. The molecule has 2 aromatic rings. The molecule has 3 rings (SSSR count). The molecule has 27 heavy (non-hydrogen) atoms. The number of benzene rings is 2. The van der Waals surface area contributed by atoms with Crippen LogP contribution in [0.1, 0.15) is 11.7 Å². The number of morpholine rings is 1. The molecule has 0 unspecified atom stereocenters. The van der Waals surface area contributed by atoms with Crippen LogP contribution < -0.4 is 10.1 Å². The molecule has 2 aromatic carbocycles. The first-order chi connectivity index (χ1) is 13.0. The summed E-state index contributed by atoms with van der Waals surface area (Å²) in [6.07, 6.45) is -0.182. The highest BCUT2D eigenvalue weighted by atomic mass is 16.5. The first-order valence-corrected chi connectivity index (χ1v) is 8.90. The highest BCUT2D eigenvalue weighted by Crippen LogP contribution is 2.27. The van der Waals surface area contributed by atoms with Gasteiger partial charge in [0.05, 0.1) is 26.8 Å². The van der Waals surface area contributed by atoms with Crippen molar-refractivity contribution in [2.24, 2.45) is 0 Å². The Morgan fingerprint density at radius 2 is 1.96 bits per heavy atom. The summed E-state index contributed by atoms with van der Waals surface area (Å²) in [5.41, 5.74) is 1.03. The quantitative estimate of drug-likeness (QED) is 0.893. The normalized spacial score (nSPS) is 16.9. The van der Waals surface area contributed by atoms with Crippen molar-refractivity contribution in [3.05, 3.63) is 42.0 Å². The number of amides is 3. The zero-order valence-electron chi connectivity index (χ0n) is 15.9. The van der Waals surface area contributed by atoms with E-state index in [9.17, 15) is 9.59 Å². The third kappa shape index (κ3) is 4.49. The zero-order valence-corrected chi connectivity index (χ0v) is 15.9. The molecule has 1 aliphatic heterocycles. The van der Waals surface area contributed by atoms with Crippen LogP contribution >= 0.6 is 0 Å². The Hall–Kier alpha value is -2.80. The van der Waals surface area contributed by atoms with Gasteiger partial charge in [-0.2, -0.15) is 0 Å². The molecule has 1 aliphatic rings. The van der Waals surface area contributed by atoms with Crippen molar-refractivity contribution < 1.29 is 19.1 Å². The summed E-state index contributed by atoms with van der Waals surface area (Å²) in [5.74, 6) is 0.713. The number of carbonyl (C=O) groups excluding carboxylic acids is 2. The van der Waals surface area contributed by atoms with Crippen LogP contribution in [0, 0.1) is 0 Å². The minimum absolute atomic E-state index is 0.0127. The van der Waals surface area contributed by atoms with E-state index in [1.54, 1.807) is 26.1 Å². The standard InChI is InChI=1S/C20H25N3O4/c1-22(2)20(25)21-12-19(24)23-8-9-27-18(13-23)16-5-4-15-11-17(26-3)7-6-14(15)10-16/h4-7,10-11,18H,8-9,12-13H2,1-3H3,(H,21,25)/t18-/m1/s1. The van der Waals surface area contributed by atoms with Crippen LogP contribution in [0.2, 0.25) is 0 Å². The van der Waals surface area contributed by atoms with Crippen LogP contribution in [-0.2, 0) is 9.53 Å². The van der Waals surface area contributed by atoms with Crippen LogP contribution in [-0.4, -0.2) is 69.2 Å². The van der Waals surface area contributed by atoms with Crippen molar-refractivity contribution in [3.8, 4) is 5.75 Å². The summed E-state index contributed by atoms with van der Waals surface area (Å²) in [6.45, 7) is 1.45. The van der Waals surface area contributed by atoms with Gasteiger partial charge in [-0.25, -0.2) is 4.79 Å². The molecule has 1 fully saturated rings. The van der Waals surface area contributed by atoms with Crippen molar-refractivity contribution >= 4 is 22.7 Å². The molecule has 1 saturated heterocycles. The summed E-state index contributed by atoms with van der Waals surface area (Å²) >= 11 is 0. The maximum absolute atomic E-state index is 12.4. The Balaban J connectivity index is 1.67. The number of fused-ring (bicyclic) bond motifs is 1. The highest BCUT2D eigenvalue weighted by molar-refractivity contribution is 5.85. The Morgan fingerprint density at radius 1 is 1.22 bits per heavy atom. The lowest BCUT2D eigenvalue weighted by Crippen LogP contribution is -2.47. The van der Waals surface area contributed by atoms with Crippen LogP contribution in [0.3, 0.4) is 0 Å². The molecule has 144 valence electrons. The monoisotopic (exact) mass is 371 g/mol. The molecular formula is C20H25N3O4. The van der Waals surface area contributed by atoms with E-state index in [2.05, 4.69) is 11.4 Å². The highest BCUT2D eigenvalue weighted by Gasteiger charge is 2.25. The number of urea groups is 1. The van der Waals surface area contributed by atoms with E-state index in [1.165, 1.54) is 4.90 Å². The molecule has 7 nitrogen and oxygen atoms in total. The van der Waals surface area contributed by atoms with E-state index in [0.717, 1.165) is 22.1 Å². The number of hydrogen-bond donors (Lipinski definition) is 1. The van der Waals surface area contributed by atoms with Gasteiger partial charge in [-0.15, -0.1) is 0 Å². The van der Waals surface area contributed by atoms with Crippen LogP contribution in [0.4, 0.5) is 4.79 Å². The molecule has 0 aliphatic carbocycles. The average Bonchev–Trinajstić information content (AvgIpc) is 2.70. The van der Waals surface area contributed by atoms with Gasteiger partial charge >= 0.3 is 6.03 Å². The molecule has 0 saturated carbocycles. The van der Waals surface area contributed by atoms with Crippen LogP contribution in [0.15, 0.2) is 36.4 Å². The summed E-state index contributed by atoms with van der Waals surface area (Å²) in [6, 6.07) is 11.8. The largest absolute Gasteiger partial charge is 0.497 e. The van der Waals surface area contributed by atoms with Crippen molar-refractivity contribution in [3.63, 3.8) is 0 Å². The molecule has 3 amide bonds. The fraction of sp³-hybridized carbons (Fsp3) is 0.400. The predicted molar refractivity (Wildman–Crippen MR) is 103 cm³/mol. The maximum atomic E-state index is 12.4. The number of hydrogen-bond acceptors (Lipinski definition) is 4. The van der Waals surface area contributed by atoms with Gasteiger partial charge in [0, 0.05) is 20.6 Å². The van der Waals surface area contributed by atoms with E-state index in [1.807, 2.05) is 30.3 Å². The van der Waals surface area contributed by atoms with Gasteiger partial charge in [-0.05, 0) is 34.5 Å². The fourth-order valence-electron chi connectivity index (χ4n) is 3.07. The molecule has 1 N–H and O–H groups in total.